The fourth-order valence-electron chi connectivity index (χ4n) is 3.26. The number of hydrogen-bond donors (Lipinski definition) is 1. The van der Waals surface area contributed by atoms with Gasteiger partial charge in [0.05, 0.1) is 7.11 Å². The molecule has 0 radical (unpaired) electrons. The lowest BCUT2D eigenvalue weighted by atomic mass is 10.2. The second-order valence-corrected chi connectivity index (χ2v) is 6.99. The van der Waals surface area contributed by atoms with Crippen molar-refractivity contribution in [2.75, 3.05) is 48.4 Å². The fourth-order valence-corrected chi connectivity index (χ4v) is 3.44. The standard InChI is InChI=1S/C21H22ClN5O/c1-28-19-7-3-5-17(15-19)24-20-8-9-23-21(25-20)27-12-10-26(11-13-27)18-6-2-4-16(22)14-18/h2-9,14-15H,10-13H2,1H3,(H,23,24,25). The number of halogens is 1. The number of nitrogens with zero attached hydrogens (tertiary/aromatic N) is 4. The van der Waals surface area contributed by atoms with Crippen molar-refractivity contribution in [3.8, 4) is 5.75 Å². The Balaban J connectivity index is 1.42. The van der Waals surface area contributed by atoms with Gasteiger partial charge in [0.25, 0.3) is 0 Å². The van der Waals surface area contributed by atoms with Gasteiger partial charge in [-0.3, -0.25) is 0 Å². The van der Waals surface area contributed by atoms with Crippen LogP contribution >= 0.6 is 11.6 Å². The largest absolute Gasteiger partial charge is 0.497 e. The Labute approximate surface area is 169 Å². The van der Waals surface area contributed by atoms with Gasteiger partial charge in [0, 0.05) is 54.8 Å². The van der Waals surface area contributed by atoms with Crippen LogP contribution in [0, 0.1) is 0 Å². The van der Waals surface area contributed by atoms with Gasteiger partial charge in [0.1, 0.15) is 11.6 Å². The van der Waals surface area contributed by atoms with Crippen molar-refractivity contribution in [3.05, 3.63) is 65.8 Å². The summed E-state index contributed by atoms with van der Waals surface area (Å²) in [5, 5.41) is 4.08. The Hall–Kier alpha value is -2.99. The average Bonchev–Trinajstić information content (AvgIpc) is 2.74. The third-order valence-electron chi connectivity index (χ3n) is 4.72. The van der Waals surface area contributed by atoms with Crippen LogP contribution in [0.3, 0.4) is 0 Å². The predicted octanol–water partition coefficient (Wildman–Crippen LogP) is 4.21. The maximum Gasteiger partial charge on any atom is 0.227 e. The van der Waals surface area contributed by atoms with Crippen molar-refractivity contribution in [2.24, 2.45) is 0 Å². The number of rotatable bonds is 5. The van der Waals surface area contributed by atoms with E-state index in [4.69, 9.17) is 16.3 Å². The van der Waals surface area contributed by atoms with Crippen molar-refractivity contribution in [1.82, 2.24) is 9.97 Å². The lowest BCUT2D eigenvalue weighted by Gasteiger charge is -2.36. The highest BCUT2D eigenvalue weighted by molar-refractivity contribution is 6.30. The molecule has 0 atom stereocenters. The van der Waals surface area contributed by atoms with Gasteiger partial charge in [0.2, 0.25) is 5.95 Å². The smallest absolute Gasteiger partial charge is 0.227 e. The molecular formula is C21H22ClN5O. The van der Waals surface area contributed by atoms with Crippen LogP contribution in [0.2, 0.25) is 5.02 Å². The molecule has 1 aliphatic heterocycles. The molecule has 1 N–H and O–H groups in total. The SMILES string of the molecule is COc1cccc(Nc2ccnc(N3CCN(c4cccc(Cl)c4)CC3)n2)c1. The Morgan fingerprint density at radius 3 is 2.54 bits per heavy atom. The van der Waals surface area contributed by atoms with Crippen molar-refractivity contribution >= 4 is 34.7 Å². The molecule has 2 aromatic carbocycles. The number of nitrogens with one attached hydrogen (secondary N) is 1. The summed E-state index contributed by atoms with van der Waals surface area (Å²) in [5.74, 6) is 2.30. The van der Waals surface area contributed by atoms with E-state index in [0.29, 0.717) is 0 Å². The monoisotopic (exact) mass is 395 g/mol. The molecule has 6 nitrogen and oxygen atoms in total. The zero-order chi connectivity index (χ0) is 19.3. The van der Waals surface area contributed by atoms with Crippen LogP contribution < -0.4 is 19.9 Å². The molecule has 0 saturated carbocycles. The summed E-state index contributed by atoms with van der Waals surface area (Å²) in [6, 6.07) is 17.6. The zero-order valence-corrected chi connectivity index (χ0v) is 16.4. The molecule has 1 aromatic heterocycles. The molecule has 0 spiro atoms. The highest BCUT2D eigenvalue weighted by Crippen LogP contribution is 2.23. The van der Waals surface area contributed by atoms with Crippen LogP contribution in [0.1, 0.15) is 0 Å². The van der Waals surface area contributed by atoms with E-state index in [1.54, 1.807) is 13.3 Å². The summed E-state index contributed by atoms with van der Waals surface area (Å²) < 4.78 is 5.27. The van der Waals surface area contributed by atoms with Crippen molar-refractivity contribution in [1.29, 1.82) is 0 Å². The summed E-state index contributed by atoms with van der Waals surface area (Å²) in [7, 11) is 1.66. The Kier molecular flexibility index (Phi) is 5.48. The number of benzene rings is 2. The molecule has 4 rings (SSSR count). The molecule has 0 unspecified atom stereocenters. The third kappa shape index (κ3) is 4.28. The first-order valence-corrected chi connectivity index (χ1v) is 9.59. The third-order valence-corrected chi connectivity index (χ3v) is 4.96. The van der Waals surface area contributed by atoms with Crippen LogP contribution in [-0.4, -0.2) is 43.3 Å². The van der Waals surface area contributed by atoms with Crippen molar-refractivity contribution in [3.63, 3.8) is 0 Å². The number of piperazine rings is 1. The molecule has 2 heterocycles. The van der Waals surface area contributed by atoms with Crippen LogP contribution in [-0.2, 0) is 0 Å². The van der Waals surface area contributed by atoms with E-state index in [1.807, 2.05) is 48.5 Å². The number of methoxy groups -OCH3 is 1. The lowest BCUT2D eigenvalue weighted by Crippen LogP contribution is -2.47. The van der Waals surface area contributed by atoms with Crippen molar-refractivity contribution < 1.29 is 4.74 Å². The van der Waals surface area contributed by atoms with E-state index in [1.165, 1.54) is 0 Å². The van der Waals surface area contributed by atoms with Gasteiger partial charge in [-0.1, -0.05) is 23.7 Å². The summed E-state index contributed by atoms with van der Waals surface area (Å²) in [6.07, 6.45) is 1.79. The fraction of sp³-hybridized carbons (Fsp3) is 0.238. The van der Waals surface area contributed by atoms with E-state index in [9.17, 15) is 0 Å². The second kappa shape index (κ2) is 8.35. The highest BCUT2D eigenvalue weighted by atomic mass is 35.5. The van der Waals surface area contributed by atoms with E-state index in [2.05, 4.69) is 31.2 Å². The lowest BCUT2D eigenvalue weighted by molar-refractivity contribution is 0.415. The first-order valence-electron chi connectivity index (χ1n) is 9.21. The van der Waals surface area contributed by atoms with E-state index in [0.717, 1.165) is 60.1 Å². The first kappa shape index (κ1) is 18.4. The minimum atomic E-state index is 0.735. The molecule has 0 bridgehead atoms. The predicted molar refractivity (Wildman–Crippen MR) is 114 cm³/mol. The van der Waals surface area contributed by atoms with Crippen LogP contribution in [0.4, 0.5) is 23.1 Å². The van der Waals surface area contributed by atoms with E-state index in [-0.39, 0.29) is 0 Å². The number of aromatic nitrogens is 2. The Morgan fingerprint density at radius 1 is 0.964 bits per heavy atom. The Bertz CT molecular complexity index is 943. The quantitative estimate of drug-likeness (QED) is 0.698. The Morgan fingerprint density at radius 2 is 1.75 bits per heavy atom. The minimum absolute atomic E-state index is 0.735. The van der Waals surface area contributed by atoms with Gasteiger partial charge in [-0.2, -0.15) is 4.98 Å². The zero-order valence-electron chi connectivity index (χ0n) is 15.7. The van der Waals surface area contributed by atoms with Crippen LogP contribution in [0.25, 0.3) is 0 Å². The molecule has 1 saturated heterocycles. The molecular weight excluding hydrogens is 374 g/mol. The topological polar surface area (TPSA) is 53.5 Å². The molecule has 7 heteroatoms. The van der Waals surface area contributed by atoms with E-state index >= 15 is 0 Å². The van der Waals surface area contributed by atoms with Gasteiger partial charge in [-0.15, -0.1) is 0 Å². The summed E-state index contributed by atoms with van der Waals surface area (Å²) in [4.78, 5) is 13.7. The molecule has 144 valence electrons. The number of hydrogen-bond acceptors (Lipinski definition) is 6. The molecule has 0 amide bonds. The van der Waals surface area contributed by atoms with Gasteiger partial charge in [0.15, 0.2) is 0 Å². The minimum Gasteiger partial charge on any atom is -0.497 e. The van der Waals surface area contributed by atoms with Gasteiger partial charge < -0.3 is 19.9 Å². The normalized spacial score (nSPS) is 14.1. The van der Waals surface area contributed by atoms with Crippen LogP contribution in [0.5, 0.6) is 5.75 Å². The average molecular weight is 396 g/mol. The van der Waals surface area contributed by atoms with Crippen LogP contribution in [0.15, 0.2) is 60.8 Å². The molecule has 0 aliphatic carbocycles. The second-order valence-electron chi connectivity index (χ2n) is 6.55. The summed E-state index contributed by atoms with van der Waals surface area (Å²) in [6.45, 7) is 3.51. The number of anilines is 4. The maximum absolute atomic E-state index is 6.12. The van der Waals surface area contributed by atoms with Gasteiger partial charge in [-0.25, -0.2) is 4.98 Å². The van der Waals surface area contributed by atoms with Gasteiger partial charge >= 0.3 is 0 Å². The van der Waals surface area contributed by atoms with Gasteiger partial charge in [-0.05, 0) is 36.4 Å². The van der Waals surface area contributed by atoms with E-state index < -0.39 is 0 Å². The summed E-state index contributed by atoms with van der Waals surface area (Å²) >= 11 is 6.12. The molecule has 28 heavy (non-hydrogen) atoms. The first-order chi connectivity index (χ1) is 13.7. The molecule has 1 fully saturated rings. The molecule has 1 aliphatic rings. The molecule has 3 aromatic rings. The maximum atomic E-state index is 6.12. The number of ether oxygens (including phenoxy) is 1. The summed E-state index contributed by atoms with van der Waals surface area (Å²) in [5.41, 5.74) is 2.08. The van der Waals surface area contributed by atoms with Crippen molar-refractivity contribution in [2.45, 2.75) is 0 Å². The highest BCUT2D eigenvalue weighted by Gasteiger charge is 2.19.